The maximum Gasteiger partial charge on any atom is 0.225 e. The second kappa shape index (κ2) is 9.26. The maximum absolute atomic E-state index is 12.1. The van der Waals surface area contributed by atoms with Crippen LogP contribution in [0, 0.1) is 5.92 Å². The number of nitrogens with zero attached hydrogens (tertiary/aromatic N) is 1. The summed E-state index contributed by atoms with van der Waals surface area (Å²) in [7, 11) is 0. The van der Waals surface area contributed by atoms with Crippen LogP contribution in [0.3, 0.4) is 0 Å². The van der Waals surface area contributed by atoms with Gasteiger partial charge in [0.05, 0.1) is 5.92 Å². The SMILES string of the molecule is CCCNCCNC(=O)C1CC(=O)N(C2CCCC2)C1.Cl. The number of carbonyl (C=O) groups is 2. The molecule has 2 rings (SSSR count). The molecule has 1 atom stereocenters. The van der Waals surface area contributed by atoms with Crippen molar-refractivity contribution in [3.8, 4) is 0 Å². The van der Waals surface area contributed by atoms with Crippen LogP contribution in [0.4, 0.5) is 0 Å². The van der Waals surface area contributed by atoms with Crippen molar-refractivity contribution < 1.29 is 9.59 Å². The lowest BCUT2D eigenvalue weighted by molar-refractivity contribution is -0.130. The summed E-state index contributed by atoms with van der Waals surface area (Å²) in [6, 6.07) is 0.395. The van der Waals surface area contributed by atoms with E-state index in [2.05, 4.69) is 17.6 Å². The first-order chi connectivity index (χ1) is 9.72. The minimum atomic E-state index is -0.144. The molecule has 1 unspecified atom stereocenters. The third kappa shape index (κ3) is 5.15. The zero-order valence-corrected chi connectivity index (χ0v) is 13.7. The summed E-state index contributed by atoms with van der Waals surface area (Å²) >= 11 is 0. The Balaban J connectivity index is 0.00000220. The van der Waals surface area contributed by atoms with Gasteiger partial charge in [-0.05, 0) is 25.8 Å². The highest BCUT2D eigenvalue weighted by molar-refractivity contribution is 5.89. The summed E-state index contributed by atoms with van der Waals surface area (Å²) in [5, 5.41) is 6.19. The molecule has 0 aromatic rings. The van der Waals surface area contributed by atoms with Gasteiger partial charge in [-0.15, -0.1) is 12.4 Å². The first-order valence-corrected chi connectivity index (χ1v) is 8.00. The standard InChI is InChI=1S/C15H27N3O2.ClH/c1-2-7-16-8-9-17-15(20)12-10-14(19)18(11-12)13-5-3-4-6-13;/h12-13,16H,2-11H2,1H3,(H,17,20);1H. The number of nitrogens with one attached hydrogen (secondary N) is 2. The second-order valence-electron chi connectivity index (χ2n) is 5.93. The molecule has 0 spiro atoms. The van der Waals surface area contributed by atoms with Crippen LogP contribution in [0.5, 0.6) is 0 Å². The predicted molar refractivity (Wildman–Crippen MR) is 85.5 cm³/mol. The fourth-order valence-corrected chi connectivity index (χ4v) is 3.20. The van der Waals surface area contributed by atoms with Crippen molar-refractivity contribution in [2.45, 2.75) is 51.5 Å². The molecule has 0 radical (unpaired) electrons. The van der Waals surface area contributed by atoms with Gasteiger partial charge in [0, 0.05) is 32.1 Å². The minimum absolute atomic E-state index is 0. The van der Waals surface area contributed by atoms with Crippen LogP contribution in [0.15, 0.2) is 0 Å². The van der Waals surface area contributed by atoms with Crippen LogP contribution in [-0.2, 0) is 9.59 Å². The van der Waals surface area contributed by atoms with E-state index in [0.717, 1.165) is 32.4 Å². The molecule has 0 bridgehead atoms. The molecule has 1 heterocycles. The summed E-state index contributed by atoms with van der Waals surface area (Å²) in [6.07, 6.45) is 6.15. The van der Waals surface area contributed by atoms with Crippen LogP contribution in [-0.4, -0.2) is 48.9 Å². The Bertz CT molecular complexity index is 346. The lowest BCUT2D eigenvalue weighted by Crippen LogP contribution is -2.38. The summed E-state index contributed by atoms with van der Waals surface area (Å²) in [4.78, 5) is 26.0. The smallest absolute Gasteiger partial charge is 0.225 e. The van der Waals surface area contributed by atoms with E-state index in [1.54, 1.807) is 0 Å². The van der Waals surface area contributed by atoms with Crippen LogP contribution in [0.25, 0.3) is 0 Å². The molecule has 1 aliphatic carbocycles. The first kappa shape index (κ1) is 18.2. The summed E-state index contributed by atoms with van der Waals surface area (Å²) in [5.74, 6) is 0.0626. The van der Waals surface area contributed by atoms with E-state index in [-0.39, 0.29) is 30.1 Å². The molecular weight excluding hydrogens is 290 g/mol. The monoisotopic (exact) mass is 317 g/mol. The summed E-state index contributed by atoms with van der Waals surface area (Å²) < 4.78 is 0. The zero-order valence-electron chi connectivity index (χ0n) is 12.9. The van der Waals surface area contributed by atoms with E-state index < -0.39 is 0 Å². The average Bonchev–Trinajstić information content (AvgIpc) is 3.07. The number of halogens is 1. The molecule has 0 aromatic carbocycles. The van der Waals surface area contributed by atoms with Gasteiger partial charge in [0.15, 0.2) is 0 Å². The third-order valence-electron chi connectivity index (χ3n) is 4.32. The van der Waals surface area contributed by atoms with Crippen LogP contribution in [0.1, 0.15) is 45.4 Å². The number of rotatable bonds is 7. The molecule has 2 fully saturated rings. The lowest BCUT2D eigenvalue weighted by atomic mass is 10.1. The second-order valence-corrected chi connectivity index (χ2v) is 5.93. The normalized spacial score (nSPS) is 22.4. The van der Waals surface area contributed by atoms with Gasteiger partial charge < -0.3 is 15.5 Å². The number of hydrogen-bond acceptors (Lipinski definition) is 3. The van der Waals surface area contributed by atoms with Gasteiger partial charge in [-0.2, -0.15) is 0 Å². The van der Waals surface area contributed by atoms with Gasteiger partial charge >= 0.3 is 0 Å². The molecule has 2 N–H and O–H groups in total. The van der Waals surface area contributed by atoms with E-state index in [9.17, 15) is 9.59 Å². The van der Waals surface area contributed by atoms with Gasteiger partial charge in [0.2, 0.25) is 11.8 Å². The van der Waals surface area contributed by atoms with E-state index in [0.29, 0.717) is 25.6 Å². The maximum atomic E-state index is 12.1. The molecular formula is C15H28ClN3O2. The molecule has 2 aliphatic rings. The Morgan fingerprint density at radius 1 is 1.24 bits per heavy atom. The van der Waals surface area contributed by atoms with Crippen molar-refractivity contribution in [1.82, 2.24) is 15.5 Å². The molecule has 1 saturated carbocycles. The van der Waals surface area contributed by atoms with Gasteiger partial charge in [-0.1, -0.05) is 19.8 Å². The van der Waals surface area contributed by atoms with Crippen LogP contribution < -0.4 is 10.6 Å². The first-order valence-electron chi connectivity index (χ1n) is 8.00. The summed E-state index contributed by atoms with van der Waals surface area (Å²) in [6.45, 7) is 5.16. The van der Waals surface area contributed by atoms with Crippen molar-refractivity contribution in [3.05, 3.63) is 0 Å². The fraction of sp³-hybridized carbons (Fsp3) is 0.867. The molecule has 1 saturated heterocycles. The lowest BCUT2D eigenvalue weighted by Gasteiger charge is -2.23. The van der Waals surface area contributed by atoms with Crippen molar-refractivity contribution in [2.24, 2.45) is 5.92 Å². The van der Waals surface area contributed by atoms with Gasteiger partial charge in [-0.25, -0.2) is 0 Å². The predicted octanol–water partition coefficient (Wildman–Crippen LogP) is 1.32. The van der Waals surface area contributed by atoms with E-state index >= 15 is 0 Å². The highest BCUT2D eigenvalue weighted by atomic mass is 35.5. The zero-order chi connectivity index (χ0) is 14.4. The number of hydrogen-bond donors (Lipinski definition) is 2. The topological polar surface area (TPSA) is 61.4 Å². The number of likely N-dealkylation sites (tertiary alicyclic amines) is 1. The summed E-state index contributed by atoms with van der Waals surface area (Å²) in [5.41, 5.74) is 0. The van der Waals surface area contributed by atoms with Gasteiger partial charge in [0.1, 0.15) is 0 Å². The molecule has 122 valence electrons. The van der Waals surface area contributed by atoms with Crippen molar-refractivity contribution in [2.75, 3.05) is 26.2 Å². The Morgan fingerprint density at radius 2 is 1.95 bits per heavy atom. The molecule has 21 heavy (non-hydrogen) atoms. The molecule has 1 aliphatic heterocycles. The molecule has 2 amide bonds. The van der Waals surface area contributed by atoms with E-state index in [4.69, 9.17) is 0 Å². The average molecular weight is 318 g/mol. The molecule has 6 heteroatoms. The van der Waals surface area contributed by atoms with Crippen molar-refractivity contribution in [1.29, 1.82) is 0 Å². The van der Waals surface area contributed by atoms with Gasteiger partial charge in [-0.3, -0.25) is 9.59 Å². The number of amides is 2. The van der Waals surface area contributed by atoms with Crippen molar-refractivity contribution in [3.63, 3.8) is 0 Å². The third-order valence-corrected chi connectivity index (χ3v) is 4.32. The van der Waals surface area contributed by atoms with Crippen molar-refractivity contribution >= 4 is 24.2 Å². The highest BCUT2D eigenvalue weighted by Crippen LogP contribution is 2.29. The van der Waals surface area contributed by atoms with Gasteiger partial charge in [0.25, 0.3) is 0 Å². The number of carbonyl (C=O) groups excluding carboxylic acids is 2. The molecule has 0 aromatic heterocycles. The Hall–Kier alpha value is -0.810. The van der Waals surface area contributed by atoms with Crippen LogP contribution in [0.2, 0.25) is 0 Å². The van der Waals surface area contributed by atoms with E-state index in [1.165, 1.54) is 12.8 Å². The Morgan fingerprint density at radius 3 is 2.62 bits per heavy atom. The Labute approximate surface area is 133 Å². The quantitative estimate of drug-likeness (QED) is 0.696. The fourth-order valence-electron chi connectivity index (χ4n) is 3.20. The van der Waals surface area contributed by atoms with E-state index in [1.807, 2.05) is 4.90 Å². The largest absolute Gasteiger partial charge is 0.355 e. The highest BCUT2D eigenvalue weighted by Gasteiger charge is 2.38. The molecule has 5 nitrogen and oxygen atoms in total. The van der Waals surface area contributed by atoms with Crippen LogP contribution >= 0.6 is 12.4 Å². The minimum Gasteiger partial charge on any atom is -0.355 e. The Kier molecular flexibility index (Phi) is 8.04.